The van der Waals surface area contributed by atoms with Crippen LogP contribution in [0.3, 0.4) is 0 Å². The molecular formula is C25H24FN3O2. The third kappa shape index (κ3) is 6.82. The normalized spacial score (nSPS) is 10.6. The maximum absolute atomic E-state index is 13.3. The zero-order valence-corrected chi connectivity index (χ0v) is 17.2. The third-order valence-corrected chi connectivity index (χ3v) is 4.55. The summed E-state index contributed by atoms with van der Waals surface area (Å²) >= 11 is 0. The van der Waals surface area contributed by atoms with E-state index >= 15 is 0 Å². The summed E-state index contributed by atoms with van der Waals surface area (Å²) in [7, 11) is 0. The van der Waals surface area contributed by atoms with E-state index in [0.29, 0.717) is 11.4 Å². The number of hydrogen-bond donors (Lipinski definition) is 2. The zero-order valence-electron chi connectivity index (χ0n) is 17.2. The Kier molecular flexibility index (Phi) is 7.54. The zero-order chi connectivity index (χ0) is 22.1. The number of carbonyl (C=O) groups excluding carboxylic acids is 2. The second-order valence-electron chi connectivity index (χ2n) is 6.96. The highest BCUT2D eigenvalue weighted by molar-refractivity contribution is 6.01. The number of rotatable bonds is 7. The molecule has 3 aromatic rings. The van der Waals surface area contributed by atoms with E-state index in [1.165, 1.54) is 35.2 Å². The van der Waals surface area contributed by atoms with Crippen molar-refractivity contribution in [2.24, 2.45) is 0 Å². The van der Waals surface area contributed by atoms with Gasteiger partial charge in [0, 0.05) is 30.5 Å². The first-order valence-electron chi connectivity index (χ1n) is 9.93. The maximum Gasteiger partial charge on any atom is 0.326 e. The molecule has 0 aromatic heterocycles. The fraction of sp³-hybridized carbons (Fsp3) is 0.120. The van der Waals surface area contributed by atoms with E-state index < -0.39 is 0 Å². The summed E-state index contributed by atoms with van der Waals surface area (Å²) in [6.45, 7) is 2.41. The molecule has 2 N–H and O–H groups in total. The first-order chi connectivity index (χ1) is 15.0. The van der Waals surface area contributed by atoms with Crippen molar-refractivity contribution in [1.29, 1.82) is 0 Å². The van der Waals surface area contributed by atoms with Gasteiger partial charge in [-0.3, -0.25) is 9.69 Å². The van der Waals surface area contributed by atoms with E-state index in [4.69, 9.17) is 0 Å². The van der Waals surface area contributed by atoms with E-state index in [0.717, 1.165) is 11.1 Å². The quantitative estimate of drug-likeness (QED) is 0.532. The Labute approximate surface area is 181 Å². The molecule has 0 spiro atoms. The standard InChI is InChI=1S/C25H24FN3O2/c1-19-7-12-22(13-8-19)28-25(31)29(23-14-10-21(26)11-15-23)18-17-27-24(30)16-9-20-5-3-2-4-6-20/h2-16H,17-18H2,1H3,(H,27,30)(H,28,31)/b16-9+. The van der Waals surface area contributed by atoms with E-state index in [1.807, 2.05) is 61.5 Å². The van der Waals surface area contributed by atoms with Crippen LogP contribution in [0.1, 0.15) is 11.1 Å². The molecule has 5 nitrogen and oxygen atoms in total. The fourth-order valence-electron chi connectivity index (χ4n) is 2.88. The van der Waals surface area contributed by atoms with Crippen LogP contribution >= 0.6 is 0 Å². The van der Waals surface area contributed by atoms with E-state index in [1.54, 1.807) is 6.08 Å². The molecule has 0 fully saturated rings. The van der Waals surface area contributed by atoms with Crippen LogP contribution in [0.2, 0.25) is 0 Å². The lowest BCUT2D eigenvalue weighted by atomic mass is 10.2. The molecule has 0 aliphatic heterocycles. The predicted octanol–water partition coefficient (Wildman–Crippen LogP) is 5.00. The van der Waals surface area contributed by atoms with E-state index in [-0.39, 0.29) is 30.8 Å². The number of halogens is 1. The highest BCUT2D eigenvalue weighted by atomic mass is 19.1. The lowest BCUT2D eigenvalue weighted by Crippen LogP contribution is -2.40. The lowest BCUT2D eigenvalue weighted by molar-refractivity contribution is -0.116. The van der Waals surface area contributed by atoms with Crippen molar-refractivity contribution in [1.82, 2.24) is 5.32 Å². The summed E-state index contributed by atoms with van der Waals surface area (Å²) in [5, 5.41) is 5.60. The van der Waals surface area contributed by atoms with Gasteiger partial charge in [0.05, 0.1) is 0 Å². The number of hydrogen-bond acceptors (Lipinski definition) is 2. The van der Waals surface area contributed by atoms with Gasteiger partial charge < -0.3 is 10.6 Å². The summed E-state index contributed by atoms with van der Waals surface area (Å²) in [5.41, 5.74) is 3.18. The van der Waals surface area contributed by atoms with Crippen molar-refractivity contribution >= 4 is 29.4 Å². The van der Waals surface area contributed by atoms with Gasteiger partial charge in [-0.2, -0.15) is 0 Å². The van der Waals surface area contributed by atoms with Crippen molar-refractivity contribution in [2.75, 3.05) is 23.3 Å². The van der Waals surface area contributed by atoms with E-state index in [2.05, 4.69) is 10.6 Å². The number of anilines is 2. The molecule has 0 unspecified atom stereocenters. The number of benzene rings is 3. The number of aryl methyl sites for hydroxylation is 1. The van der Waals surface area contributed by atoms with Crippen molar-refractivity contribution in [3.05, 3.63) is 102 Å². The Hall–Kier alpha value is -3.93. The van der Waals surface area contributed by atoms with Gasteiger partial charge in [-0.25, -0.2) is 9.18 Å². The number of nitrogens with zero attached hydrogens (tertiary/aromatic N) is 1. The topological polar surface area (TPSA) is 61.4 Å². The van der Waals surface area contributed by atoms with E-state index in [9.17, 15) is 14.0 Å². The minimum absolute atomic E-state index is 0.217. The Balaban J connectivity index is 1.63. The summed E-state index contributed by atoms with van der Waals surface area (Å²) in [6, 6.07) is 22.2. The first kappa shape index (κ1) is 21.8. The van der Waals surface area contributed by atoms with Crippen molar-refractivity contribution in [3.63, 3.8) is 0 Å². The average molecular weight is 417 g/mol. The molecule has 3 rings (SSSR count). The second-order valence-corrected chi connectivity index (χ2v) is 6.96. The number of urea groups is 1. The Morgan fingerprint density at radius 2 is 1.61 bits per heavy atom. The summed E-state index contributed by atoms with van der Waals surface area (Å²) in [6.07, 6.45) is 3.17. The summed E-state index contributed by atoms with van der Waals surface area (Å²) in [5.74, 6) is -0.649. The van der Waals surface area contributed by atoms with Crippen LogP contribution in [0.5, 0.6) is 0 Å². The monoisotopic (exact) mass is 417 g/mol. The van der Waals surface area contributed by atoms with Gasteiger partial charge in [-0.1, -0.05) is 48.0 Å². The predicted molar refractivity (Wildman–Crippen MR) is 122 cm³/mol. The molecule has 0 aliphatic carbocycles. The van der Waals surface area contributed by atoms with Crippen LogP contribution in [0.25, 0.3) is 6.08 Å². The molecule has 6 heteroatoms. The Morgan fingerprint density at radius 1 is 0.935 bits per heavy atom. The molecule has 0 aliphatic rings. The molecule has 3 amide bonds. The molecular weight excluding hydrogens is 393 g/mol. The SMILES string of the molecule is Cc1ccc(NC(=O)N(CCNC(=O)/C=C/c2ccccc2)c2ccc(F)cc2)cc1. The minimum atomic E-state index is -0.387. The van der Waals surface area contributed by atoms with Crippen molar-refractivity contribution in [2.45, 2.75) is 6.92 Å². The van der Waals surface area contributed by atoms with Gasteiger partial charge in [0.15, 0.2) is 0 Å². The molecule has 31 heavy (non-hydrogen) atoms. The average Bonchev–Trinajstić information content (AvgIpc) is 2.78. The van der Waals surface area contributed by atoms with Crippen molar-refractivity contribution < 1.29 is 14.0 Å². The third-order valence-electron chi connectivity index (χ3n) is 4.55. The van der Waals surface area contributed by atoms with Crippen molar-refractivity contribution in [3.8, 4) is 0 Å². The van der Waals surface area contributed by atoms with Gasteiger partial charge in [-0.15, -0.1) is 0 Å². The molecule has 0 atom stereocenters. The van der Waals surface area contributed by atoms with Crippen LogP contribution in [-0.2, 0) is 4.79 Å². The highest BCUT2D eigenvalue weighted by Gasteiger charge is 2.16. The fourth-order valence-corrected chi connectivity index (χ4v) is 2.88. The van der Waals surface area contributed by atoms with Crippen LogP contribution in [0.4, 0.5) is 20.6 Å². The summed E-state index contributed by atoms with van der Waals surface area (Å²) in [4.78, 5) is 26.4. The summed E-state index contributed by atoms with van der Waals surface area (Å²) < 4.78 is 13.3. The smallest absolute Gasteiger partial charge is 0.326 e. The molecule has 158 valence electrons. The second kappa shape index (κ2) is 10.7. The number of nitrogens with one attached hydrogen (secondary N) is 2. The first-order valence-corrected chi connectivity index (χ1v) is 9.93. The molecule has 0 heterocycles. The largest absolute Gasteiger partial charge is 0.351 e. The Bertz CT molecular complexity index is 1030. The highest BCUT2D eigenvalue weighted by Crippen LogP contribution is 2.17. The molecule has 0 radical (unpaired) electrons. The number of amides is 3. The van der Waals surface area contributed by atoms with Gasteiger partial charge >= 0.3 is 6.03 Å². The molecule has 3 aromatic carbocycles. The van der Waals surface area contributed by atoms with Crippen LogP contribution in [-0.4, -0.2) is 25.0 Å². The van der Waals surface area contributed by atoms with Gasteiger partial charge in [0.2, 0.25) is 5.91 Å². The van der Waals surface area contributed by atoms with Gasteiger partial charge in [0.25, 0.3) is 0 Å². The Morgan fingerprint density at radius 3 is 2.29 bits per heavy atom. The minimum Gasteiger partial charge on any atom is -0.351 e. The van der Waals surface area contributed by atoms with Gasteiger partial charge in [-0.05, 0) is 55.0 Å². The molecule has 0 saturated carbocycles. The van der Waals surface area contributed by atoms with Crippen LogP contribution in [0.15, 0.2) is 84.9 Å². The maximum atomic E-state index is 13.3. The van der Waals surface area contributed by atoms with Crippen LogP contribution in [0, 0.1) is 12.7 Å². The lowest BCUT2D eigenvalue weighted by Gasteiger charge is -2.23. The molecule has 0 saturated heterocycles. The molecule has 0 bridgehead atoms. The van der Waals surface area contributed by atoms with Crippen LogP contribution < -0.4 is 15.5 Å². The number of carbonyl (C=O) groups is 2. The van der Waals surface area contributed by atoms with Gasteiger partial charge in [0.1, 0.15) is 5.82 Å².